The Kier molecular flexibility index (Phi) is 6.98. The summed E-state index contributed by atoms with van der Waals surface area (Å²) in [6.45, 7) is 4.10. The van der Waals surface area contributed by atoms with Crippen molar-refractivity contribution in [3.05, 3.63) is 70.6 Å². The number of hydrogen-bond acceptors (Lipinski definition) is 4. The molecule has 0 fully saturated rings. The molecule has 0 saturated heterocycles. The van der Waals surface area contributed by atoms with Crippen LogP contribution in [0.15, 0.2) is 59.4 Å². The molecule has 0 amide bonds. The van der Waals surface area contributed by atoms with E-state index in [4.69, 9.17) is 4.74 Å². The molecule has 5 nitrogen and oxygen atoms in total. The monoisotopic (exact) mass is 377 g/mol. The third-order valence-electron chi connectivity index (χ3n) is 4.68. The van der Waals surface area contributed by atoms with Crippen molar-refractivity contribution in [1.29, 1.82) is 0 Å². The summed E-state index contributed by atoms with van der Waals surface area (Å²) < 4.78 is 5.19. The van der Waals surface area contributed by atoms with Crippen LogP contribution in [0, 0.1) is 0 Å². The van der Waals surface area contributed by atoms with Crippen LogP contribution in [0.5, 0.6) is 5.75 Å². The largest absolute Gasteiger partial charge is 0.497 e. The molecule has 28 heavy (non-hydrogen) atoms. The molecule has 5 heteroatoms. The Hall–Kier alpha value is -2.92. The van der Waals surface area contributed by atoms with Gasteiger partial charge in [0.15, 0.2) is 0 Å². The lowest BCUT2D eigenvalue weighted by Gasteiger charge is -2.08. The van der Waals surface area contributed by atoms with E-state index >= 15 is 0 Å². The first-order valence-electron chi connectivity index (χ1n) is 9.75. The number of unbranched alkanes of at least 4 members (excludes halogenated alkanes) is 2. The Morgan fingerprint density at radius 2 is 1.71 bits per heavy atom. The summed E-state index contributed by atoms with van der Waals surface area (Å²) in [4.78, 5) is 19.0. The molecule has 0 radical (unpaired) electrons. The van der Waals surface area contributed by atoms with Crippen LogP contribution in [0.4, 0.5) is 0 Å². The standard InChI is InChI=1S/C23H27N3O2/c1-3-4-5-14-24-16-17-6-8-18(9-7-17)21-15-22(26-23(27)25-21)19-10-12-20(28-2)13-11-19/h6-13,15,24H,3-5,14,16H2,1-2H3,(H,25,26,27). The molecule has 0 aliphatic rings. The third-order valence-corrected chi connectivity index (χ3v) is 4.68. The SMILES string of the molecule is CCCCCNCc1ccc(-c2cc(-c3ccc(OC)cc3)[nH]c(=O)n2)cc1. The summed E-state index contributed by atoms with van der Waals surface area (Å²) in [7, 11) is 1.63. The third kappa shape index (κ3) is 5.30. The van der Waals surface area contributed by atoms with Gasteiger partial charge in [-0.05, 0) is 54.4 Å². The number of nitrogens with one attached hydrogen (secondary N) is 2. The topological polar surface area (TPSA) is 67.0 Å². The van der Waals surface area contributed by atoms with Gasteiger partial charge in [0.05, 0.1) is 18.5 Å². The quantitative estimate of drug-likeness (QED) is 0.543. The Bertz CT molecular complexity index is 931. The molecule has 2 aromatic carbocycles. The number of H-pyrrole nitrogens is 1. The van der Waals surface area contributed by atoms with Gasteiger partial charge in [-0.3, -0.25) is 0 Å². The highest BCUT2D eigenvalue weighted by atomic mass is 16.5. The summed E-state index contributed by atoms with van der Waals surface area (Å²) in [6.07, 6.45) is 3.70. The summed E-state index contributed by atoms with van der Waals surface area (Å²) in [5.41, 5.74) is 4.10. The van der Waals surface area contributed by atoms with E-state index in [1.807, 2.05) is 42.5 Å². The second kappa shape index (κ2) is 9.85. The predicted octanol–water partition coefficient (Wildman–Crippen LogP) is 4.39. The highest BCUT2D eigenvalue weighted by Crippen LogP contribution is 2.24. The van der Waals surface area contributed by atoms with Gasteiger partial charge in [0.1, 0.15) is 5.75 Å². The highest BCUT2D eigenvalue weighted by Gasteiger charge is 2.06. The molecular formula is C23H27N3O2. The van der Waals surface area contributed by atoms with Crippen molar-refractivity contribution in [3.8, 4) is 28.3 Å². The zero-order chi connectivity index (χ0) is 19.8. The highest BCUT2D eigenvalue weighted by molar-refractivity contribution is 5.67. The van der Waals surface area contributed by atoms with E-state index in [-0.39, 0.29) is 5.69 Å². The molecule has 0 aliphatic heterocycles. The fraction of sp³-hybridized carbons (Fsp3) is 0.304. The predicted molar refractivity (Wildman–Crippen MR) is 114 cm³/mol. The minimum atomic E-state index is -0.356. The first kappa shape index (κ1) is 19.8. The summed E-state index contributed by atoms with van der Waals surface area (Å²) in [5, 5.41) is 3.46. The molecule has 0 atom stereocenters. The first-order valence-corrected chi connectivity index (χ1v) is 9.75. The lowest BCUT2D eigenvalue weighted by atomic mass is 10.1. The fourth-order valence-corrected chi connectivity index (χ4v) is 3.06. The number of benzene rings is 2. The molecule has 0 saturated carbocycles. The van der Waals surface area contributed by atoms with Crippen molar-refractivity contribution < 1.29 is 4.74 Å². The molecule has 1 heterocycles. The van der Waals surface area contributed by atoms with E-state index < -0.39 is 0 Å². The molecule has 0 spiro atoms. The molecule has 0 bridgehead atoms. The Morgan fingerprint density at radius 1 is 1.00 bits per heavy atom. The zero-order valence-corrected chi connectivity index (χ0v) is 16.5. The molecule has 0 aliphatic carbocycles. The van der Waals surface area contributed by atoms with Crippen LogP contribution in [0.2, 0.25) is 0 Å². The number of methoxy groups -OCH3 is 1. The van der Waals surface area contributed by atoms with Crippen LogP contribution in [0.1, 0.15) is 31.7 Å². The van der Waals surface area contributed by atoms with Crippen LogP contribution >= 0.6 is 0 Å². The maximum atomic E-state index is 12.1. The molecule has 3 rings (SSSR count). The van der Waals surface area contributed by atoms with Crippen molar-refractivity contribution >= 4 is 0 Å². The number of aromatic nitrogens is 2. The van der Waals surface area contributed by atoms with E-state index in [0.717, 1.165) is 35.7 Å². The van der Waals surface area contributed by atoms with Gasteiger partial charge in [-0.25, -0.2) is 4.79 Å². The Labute approximate surface area is 165 Å². The second-order valence-electron chi connectivity index (χ2n) is 6.79. The first-order chi connectivity index (χ1) is 13.7. The molecule has 2 N–H and O–H groups in total. The lowest BCUT2D eigenvalue weighted by molar-refractivity contribution is 0.415. The van der Waals surface area contributed by atoms with E-state index in [1.165, 1.54) is 24.8 Å². The number of rotatable bonds is 9. The van der Waals surface area contributed by atoms with Crippen LogP contribution < -0.4 is 15.7 Å². The van der Waals surface area contributed by atoms with E-state index in [9.17, 15) is 4.79 Å². The van der Waals surface area contributed by atoms with Crippen molar-refractivity contribution in [2.24, 2.45) is 0 Å². The maximum absolute atomic E-state index is 12.1. The van der Waals surface area contributed by atoms with Gasteiger partial charge in [-0.1, -0.05) is 44.0 Å². The number of ether oxygens (including phenoxy) is 1. The second-order valence-corrected chi connectivity index (χ2v) is 6.79. The molecular weight excluding hydrogens is 350 g/mol. The minimum absolute atomic E-state index is 0.356. The molecule has 1 aromatic heterocycles. The van der Waals surface area contributed by atoms with E-state index in [1.54, 1.807) is 7.11 Å². The van der Waals surface area contributed by atoms with Crippen LogP contribution in [0.25, 0.3) is 22.5 Å². The molecule has 0 unspecified atom stereocenters. The van der Waals surface area contributed by atoms with Crippen molar-refractivity contribution in [2.75, 3.05) is 13.7 Å². The summed E-state index contributed by atoms with van der Waals surface area (Å²) in [6, 6.07) is 17.7. The van der Waals surface area contributed by atoms with Crippen molar-refractivity contribution in [3.63, 3.8) is 0 Å². The maximum Gasteiger partial charge on any atom is 0.345 e. The van der Waals surface area contributed by atoms with Gasteiger partial charge in [-0.2, -0.15) is 4.98 Å². The summed E-state index contributed by atoms with van der Waals surface area (Å²) in [5.74, 6) is 0.777. The van der Waals surface area contributed by atoms with Crippen molar-refractivity contribution in [1.82, 2.24) is 15.3 Å². The van der Waals surface area contributed by atoms with Gasteiger partial charge >= 0.3 is 5.69 Å². The van der Waals surface area contributed by atoms with Crippen LogP contribution in [-0.2, 0) is 6.54 Å². The average molecular weight is 377 g/mol. The van der Waals surface area contributed by atoms with Gasteiger partial charge in [0.2, 0.25) is 0 Å². The van der Waals surface area contributed by atoms with E-state index in [2.05, 4.69) is 34.3 Å². The lowest BCUT2D eigenvalue weighted by Crippen LogP contribution is -2.14. The number of aromatic amines is 1. The van der Waals surface area contributed by atoms with Gasteiger partial charge in [0, 0.05) is 12.1 Å². The van der Waals surface area contributed by atoms with Crippen LogP contribution in [-0.4, -0.2) is 23.6 Å². The average Bonchev–Trinajstić information content (AvgIpc) is 2.73. The van der Waals surface area contributed by atoms with Gasteiger partial charge in [0.25, 0.3) is 0 Å². The van der Waals surface area contributed by atoms with E-state index in [0.29, 0.717) is 5.69 Å². The van der Waals surface area contributed by atoms with Crippen LogP contribution in [0.3, 0.4) is 0 Å². The number of nitrogens with zero attached hydrogens (tertiary/aromatic N) is 1. The zero-order valence-electron chi connectivity index (χ0n) is 16.5. The Morgan fingerprint density at radius 3 is 2.39 bits per heavy atom. The normalized spacial score (nSPS) is 10.8. The van der Waals surface area contributed by atoms with Gasteiger partial charge < -0.3 is 15.0 Å². The molecule has 3 aromatic rings. The van der Waals surface area contributed by atoms with Crippen molar-refractivity contribution in [2.45, 2.75) is 32.7 Å². The fourth-order valence-electron chi connectivity index (χ4n) is 3.06. The van der Waals surface area contributed by atoms with Gasteiger partial charge in [-0.15, -0.1) is 0 Å². The smallest absolute Gasteiger partial charge is 0.345 e. The summed E-state index contributed by atoms with van der Waals surface area (Å²) >= 11 is 0. The molecule has 146 valence electrons. The number of hydrogen-bond donors (Lipinski definition) is 2. The Balaban J connectivity index is 1.74. The minimum Gasteiger partial charge on any atom is -0.497 e.